The predicted molar refractivity (Wildman–Crippen MR) is 70.3 cm³/mol. The van der Waals surface area contributed by atoms with Crippen LogP contribution in [0.1, 0.15) is 23.2 Å². The summed E-state index contributed by atoms with van der Waals surface area (Å²) in [4.78, 5) is 14.0. The molecule has 0 aliphatic carbocycles. The maximum atomic E-state index is 12.2. The van der Waals surface area contributed by atoms with Gasteiger partial charge in [0.05, 0.1) is 12.4 Å². The van der Waals surface area contributed by atoms with Crippen molar-refractivity contribution in [3.05, 3.63) is 23.8 Å². The van der Waals surface area contributed by atoms with Gasteiger partial charge < -0.3 is 14.4 Å². The molecule has 2 heterocycles. The Bertz CT molecular complexity index is 527. The van der Waals surface area contributed by atoms with Crippen LogP contribution in [0.2, 0.25) is 0 Å². The average molecular weight is 260 g/mol. The number of Topliss-reactive ketones (excluding diaryl/α,β-unsaturated/α-hetero) is 1. The van der Waals surface area contributed by atoms with Crippen molar-refractivity contribution in [2.24, 2.45) is 0 Å². The molecule has 3 rings (SSSR count). The van der Waals surface area contributed by atoms with Crippen molar-refractivity contribution >= 4 is 11.6 Å². The normalized spacial score (nSPS) is 17.7. The molecule has 0 atom stereocenters. The third-order valence-electron chi connectivity index (χ3n) is 3.42. The molecule has 5 heteroatoms. The molecule has 1 aromatic rings. The quantitative estimate of drug-likeness (QED) is 0.840. The first-order valence-electron chi connectivity index (χ1n) is 6.49. The summed E-state index contributed by atoms with van der Waals surface area (Å²) in [6, 6.07) is 5.27. The van der Waals surface area contributed by atoms with Crippen LogP contribution in [0, 0.1) is 5.41 Å². The number of rotatable bonds is 3. The number of amidine groups is 1. The molecular formula is C14H16N2O3. The zero-order valence-electron chi connectivity index (χ0n) is 10.6. The summed E-state index contributed by atoms with van der Waals surface area (Å²) in [5.74, 6) is 1.90. The standard InChI is InChI=1S/C14H16N2O3/c15-14-2-1-5-16(14)9-11(17)10-3-4-12-13(8-10)19-7-6-18-12/h3-4,8,15H,1-2,5-7,9H2. The zero-order valence-corrected chi connectivity index (χ0v) is 10.6. The second-order valence-electron chi connectivity index (χ2n) is 4.75. The van der Waals surface area contributed by atoms with Crippen LogP contribution in [0.4, 0.5) is 0 Å². The lowest BCUT2D eigenvalue weighted by molar-refractivity contribution is 0.0964. The topological polar surface area (TPSA) is 62.6 Å². The minimum absolute atomic E-state index is 0.0172. The van der Waals surface area contributed by atoms with Crippen molar-refractivity contribution in [2.75, 3.05) is 26.3 Å². The van der Waals surface area contributed by atoms with Gasteiger partial charge >= 0.3 is 0 Å². The van der Waals surface area contributed by atoms with E-state index in [4.69, 9.17) is 14.9 Å². The van der Waals surface area contributed by atoms with Crippen LogP contribution in [-0.2, 0) is 0 Å². The Morgan fingerprint density at radius 2 is 2.05 bits per heavy atom. The molecule has 0 aromatic heterocycles. The number of hydrogen-bond acceptors (Lipinski definition) is 4. The monoisotopic (exact) mass is 260 g/mol. The summed E-state index contributed by atoms with van der Waals surface area (Å²) >= 11 is 0. The summed E-state index contributed by atoms with van der Waals surface area (Å²) in [5.41, 5.74) is 0.615. The third-order valence-corrected chi connectivity index (χ3v) is 3.42. The molecule has 1 N–H and O–H groups in total. The first kappa shape index (κ1) is 12.0. The lowest BCUT2D eigenvalue weighted by atomic mass is 10.1. The molecule has 1 fully saturated rings. The van der Waals surface area contributed by atoms with Crippen molar-refractivity contribution in [2.45, 2.75) is 12.8 Å². The average Bonchev–Trinajstić information content (AvgIpc) is 2.84. The second kappa shape index (κ2) is 4.91. The first-order chi connectivity index (χ1) is 9.24. The van der Waals surface area contributed by atoms with E-state index >= 15 is 0 Å². The SMILES string of the molecule is N=C1CCCN1CC(=O)c1ccc2c(c1)OCCO2. The molecule has 0 spiro atoms. The number of benzene rings is 1. The number of ether oxygens (including phenoxy) is 2. The molecule has 1 saturated heterocycles. The molecule has 0 radical (unpaired) electrons. The van der Waals surface area contributed by atoms with Crippen LogP contribution in [0.3, 0.4) is 0 Å². The van der Waals surface area contributed by atoms with E-state index in [1.54, 1.807) is 18.2 Å². The van der Waals surface area contributed by atoms with Crippen molar-refractivity contribution in [3.8, 4) is 11.5 Å². The summed E-state index contributed by atoms with van der Waals surface area (Å²) in [6.45, 7) is 2.14. The highest BCUT2D eigenvalue weighted by Gasteiger charge is 2.21. The summed E-state index contributed by atoms with van der Waals surface area (Å²) < 4.78 is 10.9. The minimum atomic E-state index is 0.0172. The summed E-state index contributed by atoms with van der Waals surface area (Å²) in [7, 11) is 0. The molecule has 5 nitrogen and oxygen atoms in total. The van der Waals surface area contributed by atoms with Crippen LogP contribution in [0.25, 0.3) is 0 Å². The van der Waals surface area contributed by atoms with Crippen molar-refractivity contribution in [1.82, 2.24) is 4.90 Å². The highest BCUT2D eigenvalue weighted by atomic mass is 16.6. The minimum Gasteiger partial charge on any atom is -0.486 e. The van der Waals surface area contributed by atoms with Crippen LogP contribution in [0.5, 0.6) is 11.5 Å². The molecule has 0 amide bonds. The Balaban J connectivity index is 1.74. The van der Waals surface area contributed by atoms with E-state index in [0.717, 1.165) is 19.4 Å². The Hall–Kier alpha value is -2.04. The molecule has 19 heavy (non-hydrogen) atoms. The fourth-order valence-electron chi connectivity index (χ4n) is 2.39. The van der Waals surface area contributed by atoms with Crippen LogP contribution in [-0.4, -0.2) is 42.8 Å². The molecule has 2 aliphatic rings. The van der Waals surface area contributed by atoms with E-state index in [2.05, 4.69) is 0 Å². The van der Waals surface area contributed by atoms with Gasteiger partial charge in [-0.1, -0.05) is 0 Å². The van der Waals surface area contributed by atoms with Gasteiger partial charge in [-0.2, -0.15) is 0 Å². The van der Waals surface area contributed by atoms with E-state index < -0.39 is 0 Å². The predicted octanol–water partition coefficient (Wildman–Crippen LogP) is 1.71. The number of hydrogen-bond donors (Lipinski definition) is 1. The number of carbonyl (C=O) groups is 1. The van der Waals surface area contributed by atoms with Gasteiger partial charge in [0.2, 0.25) is 0 Å². The fraction of sp³-hybridized carbons (Fsp3) is 0.429. The lowest BCUT2D eigenvalue weighted by Crippen LogP contribution is -2.30. The highest BCUT2D eigenvalue weighted by molar-refractivity contribution is 6.00. The maximum absolute atomic E-state index is 12.2. The third kappa shape index (κ3) is 2.41. The molecule has 1 aromatic carbocycles. The number of nitrogens with zero attached hydrogens (tertiary/aromatic N) is 1. The van der Waals surface area contributed by atoms with E-state index in [-0.39, 0.29) is 12.3 Å². The van der Waals surface area contributed by atoms with Crippen LogP contribution in [0.15, 0.2) is 18.2 Å². The van der Waals surface area contributed by atoms with Crippen molar-refractivity contribution < 1.29 is 14.3 Å². The highest BCUT2D eigenvalue weighted by Crippen LogP contribution is 2.31. The Kier molecular flexibility index (Phi) is 3.11. The molecule has 0 saturated carbocycles. The Labute approximate surface area is 111 Å². The zero-order chi connectivity index (χ0) is 13.2. The number of fused-ring (bicyclic) bond motifs is 1. The molecule has 100 valence electrons. The number of carbonyl (C=O) groups excluding carboxylic acids is 1. The maximum Gasteiger partial charge on any atom is 0.182 e. The van der Waals surface area contributed by atoms with Gasteiger partial charge in [-0.3, -0.25) is 10.2 Å². The molecule has 0 unspecified atom stereocenters. The van der Waals surface area contributed by atoms with E-state index in [1.165, 1.54) is 0 Å². The second-order valence-corrected chi connectivity index (χ2v) is 4.75. The number of nitrogens with one attached hydrogen (secondary N) is 1. The van der Waals surface area contributed by atoms with E-state index in [1.807, 2.05) is 4.90 Å². The van der Waals surface area contributed by atoms with Gasteiger partial charge in [-0.25, -0.2) is 0 Å². The van der Waals surface area contributed by atoms with Gasteiger partial charge in [0, 0.05) is 18.5 Å². The van der Waals surface area contributed by atoms with Crippen LogP contribution >= 0.6 is 0 Å². The smallest absolute Gasteiger partial charge is 0.182 e. The van der Waals surface area contributed by atoms with E-state index in [0.29, 0.717) is 36.1 Å². The van der Waals surface area contributed by atoms with Gasteiger partial charge in [0.1, 0.15) is 13.2 Å². The molecule has 0 bridgehead atoms. The summed E-state index contributed by atoms with van der Waals surface area (Å²) in [5, 5.41) is 7.74. The summed E-state index contributed by atoms with van der Waals surface area (Å²) in [6.07, 6.45) is 1.74. The number of likely N-dealkylation sites (tertiary alicyclic amines) is 1. The van der Waals surface area contributed by atoms with Gasteiger partial charge in [-0.15, -0.1) is 0 Å². The molecular weight excluding hydrogens is 244 g/mol. The Morgan fingerprint density at radius 1 is 1.26 bits per heavy atom. The van der Waals surface area contributed by atoms with Crippen molar-refractivity contribution in [1.29, 1.82) is 5.41 Å². The van der Waals surface area contributed by atoms with Crippen LogP contribution < -0.4 is 9.47 Å². The van der Waals surface area contributed by atoms with Gasteiger partial charge in [0.25, 0.3) is 0 Å². The van der Waals surface area contributed by atoms with E-state index in [9.17, 15) is 4.79 Å². The molecule has 2 aliphatic heterocycles. The lowest BCUT2D eigenvalue weighted by Gasteiger charge is -2.20. The van der Waals surface area contributed by atoms with Gasteiger partial charge in [0.15, 0.2) is 17.3 Å². The first-order valence-corrected chi connectivity index (χ1v) is 6.49. The fourth-order valence-corrected chi connectivity index (χ4v) is 2.39. The number of ketones is 1. The Morgan fingerprint density at radius 3 is 2.79 bits per heavy atom. The largest absolute Gasteiger partial charge is 0.486 e. The van der Waals surface area contributed by atoms with Gasteiger partial charge in [-0.05, 0) is 24.6 Å². The van der Waals surface area contributed by atoms with Crippen molar-refractivity contribution in [3.63, 3.8) is 0 Å².